The highest BCUT2D eigenvalue weighted by atomic mass is 16.5. The fourth-order valence-electron chi connectivity index (χ4n) is 1.73. The molecule has 0 aliphatic rings. The van der Waals surface area contributed by atoms with Crippen molar-refractivity contribution in [3.63, 3.8) is 0 Å². The van der Waals surface area contributed by atoms with E-state index in [0.717, 1.165) is 0 Å². The minimum Gasteiger partial charge on any atom is -0.493 e. The normalized spacial score (nSPS) is 9.95. The third kappa shape index (κ3) is 2.85. The number of aromatic nitrogens is 2. The first-order chi connectivity index (χ1) is 9.65. The number of benzene rings is 1. The molecule has 1 N–H and O–H groups in total. The van der Waals surface area contributed by atoms with Crippen molar-refractivity contribution >= 4 is 11.6 Å². The van der Waals surface area contributed by atoms with Crippen LogP contribution in [0.5, 0.6) is 11.5 Å². The third-order valence-electron chi connectivity index (χ3n) is 2.80. The Labute approximate surface area is 116 Å². The first-order valence-electron chi connectivity index (χ1n) is 5.95. The Kier molecular flexibility index (Phi) is 4.14. The Bertz CT molecular complexity index is 629. The summed E-state index contributed by atoms with van der Waals surface area (Å²) in [7, 11) is 3.10. The van der Waals surface area contributed by atoms with Crippen LogP contribution >= 0.6 is 0 Å². The molecule has 1 aromatic heterocycles. The van der Waals surface area contributed by atoms with Gasteiger partial charge in [-0.3, -0.25) is 4.79 Å². The number of hydrogen-bond acceptors (Lipinski definition) is 5. The summed E-state index contributed by atoms with van der Waals surface area (Å²) >= 11 is 0. The summed E-state index contributed by atoms with van der Waals surface area (Å²) < 4.78 is 10.3. The molecule has 0 aliphatic heterocycles. The topological polar surface area (TPSA) is 73.3 Å². The molecule has 0 fully saturated rings. The van der Waals surface area contributed by atoms with E-state index in [1.807, 2.05) is 0 Å². The molecule has 1 aromatic carbocycles. The first-order valence-corrected chi connectivity index (χ1v) is 5.95. The molecule has 0 saturated carbocycles. The zero-order valence-corrected chi connectivity index (χ0v) is 11.5. The lowest BCUT2D eigenvalue weighted by molar-refractivity contribution is 0.102. The van der Waals surface area contributed by atoms with E-state index in [4.69, 9.17) is 9.47 Å². The summed E-state index contributed by atoms with van der Waals surface area (Å²) in [6, 6.07) is 5.15. The van der Waals surface area contributed by atoms with Crippen molar-refractivity contribution < 1.29 is 14.3 Å². The summed E-state index contributed by atoms with van der Waals surface area (Å²) in [5.41, 5.74) is 1.66. The molecule has 0 radical (unpaired) electrons. The van der Waals surface area contributed by atoms with E-state index in [-0.39, 0.29) is 5.91 Å². The number of nitrogens with zero attached hydrogens (tertiary/aromatic N) is 2. The van der Waals surface area contributed by atoms with Gasteiger partial charge in [0.2, 0.25) is 0 Å². The van der Waals surface area contributed by atoms with Crippen LogP contribution in [0.25, 0.3) is 0 Å². The van der Waals surface area contributed by atoms with Crippen LogP contribution in [0.1, 0.15) is 16.1 Å². The number of carbonyl (C=O) groups is 1. The monoisotopic (exact) mass is 273 g/mol. The molecular formula is C14H15N3O3. The van der Waals surface area contributed by atoms with E-state index in [0.29, 0.717) is 28.4 Å². The molecule has 6 heteroatoms. The van der Waals surface area contributed by atoms with E-state index in [1.165, 1.54) is 12.5 Å². The van der Waals surface area contributed by atoms with Crippen LogP contribution < -0.4 is 14.8 Å². The van der Waals surface area contributed by atoms with Crippen molar-refractivity contribution in [2.24, 2.45) is 0 Å². The highest BCUT2D eigenvalue weighted by Gasteiger charge is 2.12. The van der Waals surface area contributed by atoms with Crippen molar-refractivity contribution in [3.05, 3.63) is 42.0 Å². The number of rotatable bonds is 4. The lowest BCUT2D eigenvalue weighted by Crippen LogP contribution is -2.14. The third-order valence-corrected chi connectivity index (χ3v) is 2.80. The van der Waals surface area contributed by atoms with Gasteiger partial charge in [0.1, 0.15) is 6.33 Å². The van der Waals surface area contributed by atoms with Crippen molar-refractivity contribution in [1.29, 1.82) is 0 Å². The molecule has 1 amide bonds. The van der Waals surface area contributed by atoms with Crippen LogP contribution in [0.4, 0.5) is 5.69 Å². The van der Waals surface area contributed by atoms with Crippen LogP contribution in [-0.4, -0.2) is 30.1 Å². The van der Waals surface area contributed by atoms with Gasteiger partial charge in [-0.2, -0.15) is 0 Å². The van der Waals surface area contributed by atoms with Gasteiger partial charge in [-0.25, -0.2) is 9.97 Å². The molecule has 0 unspecified atom stereocenters. The molecule has 0 bridgehead atoms. The maximum atomic E-state index is 12.1. The average Bonchev–Trinajstić information content (AvgIpc) is 2.47. The number of nitrogens with one attached hydrogen (secondary N) is 1. The first kappa shape index (κ1) is 13.8. The Morgan fingerprint density at radius 2 is 1.95 bits per heavy atom. The predicted octanol–water partition coefficient (Wildman–Crippen LogP) is 2.05. The van der Waals surface area contributed by atoms with Crippen molar-refractivity contribution in [1.82, 2.24) is 9.97 Å². The summed E-state index contributed by atoms with van der Waals surface area (Å²) in [4.78, 5) is 20.0. The Balaban J connectivity index is 2.22. The predicted molar refractivity (Wildman–Crippen MR) is 74.3 cm³/mol. The molecule has 0 saturated heterocycles. The van der Waals surface area contributed by atoms with Gasteiger partial charge < -0.3 is 14.8 Å². The van der Waals surface area contributed by atoms with Crippen LogP contribution in [0.15, 0.2) is 30.7 Å². The van der Waals surface area contributed by atoms with E-state index in [9.17, 15) is 4.79 Å². The van der Waals surface area contributed by atoms with Crippen molar-refractivity contribution in [3.8, 4) is 11.5 Å². The number of anilines is 1. The molecule has 1 heterocycles. The molecule has 2 rings (SSSR count). The van der Waals surface area contributed by atoms with Crippen molar-refractivity contribution in [2.75, 3.05) is 19.5 Å². The molecule has 20 heavy (non-hydrogen) atoms. The van der Waals surface area contributed by atoms with Gasteiger partial charge in [0.05, 0.1) is 25.5 Å². The Morgan fingerprint density at radius 1 is 1.20 bits per heavy atom. The average molecular weight is 273 g/mol. The van der Waals surface area contributed by atoms with Crippen LogP contribution in [0.3, 0.4) is 0 Å². The molecule has 0 aliphatic carbocycles. The van der Waals surface area contributed by atoms with Gasteiger partial charge in [0.25, 0.3) is 5.91 Å². The summed E-state index contributed by atoms with van der Waals surface area (Å²) in [5, 5.41) is 2.77. The van der Waals surface area contributed by atoms with Crippen molar-refractivity contribution in [2.45, 2.75) is 6.92 Å². The Morgan fingerprint density at radius 3 is 2.60 bits per heavy atom. The quantitative estimate of drug-likeness (QED) is 0.923. The highest BCUT2D eigenvalue weighted by Crippen LogP contribution is 2.29. The van der Waals surface area contributed by atoms with Gasteiger partial charge in [0, 0.05) is 18.0 Å². The zero-order chi connectivity index (χ0) is 14.5. The Hall–Kier alpha value is -2.63. The van der Waals surface area contributed by atoms with E-state index in [2.05, 4.69) is 15.3 Å². The molecule has 0 spiro atoms. The number of carbonyl (C=O) groups excluding carboxylic acids is 1. The highest BCUT2D eigenvalue weighted by molar-refractivity contribution is 6.04. The van der Waals surface area contributed by atoms with Gasteiger partial charge >= 0.3 is 0 Å². The second-order valence-corrected chi connectivity index (χ2v) is 4.05. The van der Waals surface area contributed by atoms with Crippen LogP contribution in [-0.2, 0) is 0 Å². The number of aryl methyl sites for hydroxylation is 1. The number of methoxy groups -OCH3 is 2. The lowest BCUT2D eigenvalue weighted by atomic mass is 10.2. The smallest absolute Gasteiger partial charge is 0.259 e. The maximum absolute atomic E-state index is 12.1. The van der Waals surface area contributed by atoms with E-state index < -0.39 is 0 Å². The molecule has 2 aromatic rings. The maximum Gasteiger partial charge on any atom is 0.259 e. The van der Waals surface area contributed by atoms with Gasteiger partial charge in [-0.15, -0.1) is 0 Å². The molecule has 0 atom stereocenters. The molecule has 104 valence electrons. The second kappa shape index (κ2) is 6.01. The van der Waals surface area contributed by atoms with Gasteiger partial charge in [-0.1, -0.05) is 0 Å². The largest absolute Gasteiger partial charge is 0.493 e. The zero-order valence-electron chi connectivity index (χ0n) is 11.5. The second-order valence-electron chi connectivity index (χ2n) is 4.05. The summed E-state index contributed by atoms with van der Waals surface area (Å²) in [6.07, 6.45) is 2.89. The number of ether oxygens (including phenoxy) is 2. The fraction of sp³-hybridized carbons (Fsp3) is 0.214. The van der Waals surface area contributed by atoms with Gasteiger partial charge in [0.15, 0.2) is 11.5 Å². The minimum absolute atomic E-state index is 0.268. The van der Waals surface area contributed by atoms with E-state index in [1.54, 1.807) is 39.3 Å². The summed E-state index contributed by atoms with van der Waals surface area (Å²) in [6.45, 7) is 1.76. The number of amides is 1. The number of hydrogen-bond donors (Lipinski definition) is 1. The van der Waals surface area contributed by atoms with Gasteiger partial charge in [-0.05, 0) is 19.1 Å². The van der Waals surface area contributed by atoms with Crippen LogP contribution in [0.2, 0.25) is 0 Å². The minimum atomic E-state index is -0.268. The standard InChI is InChI=1S/C14H15N3O3/c1-9-11(7-15-8-16-9)14(18)17-10-4-5-12(19-2)13(6-10)20-3/h4-8H,1-3H3,(H,17,18). The van der Waals surface area contributed by atoms with E-state index >= 15 is 0 Å². The fourth-order valence-corrected chi connectivity index (χ4v) is 1.73. The molecule has 6 nitrogen and oxygen atoms in total. The van der Waals surface area contributed by atoms with Crippen LogP contribution in [0, 0.1) is 6.92 Å². The molecular weight excluding hydrogens is 258 g/mol. The summed E-state index contributed by atoms with van der Waals surface area (Å²) in [5.74, 6) is 0.881. The lowest BCUT2D eigenvalue weighted by Gasteiger charge is -2.11. The SMILES string of the molecule is COc1ccc(NC(=O)c2cncnc2C)cc1OC.